The second kappa shape index (κ2) is 5.44. The van der Waals surface area contributed by atoms with Gasteiger partial charge in [-0.2, -0.15) is 0 Å². The van der Waals surface area contributed by atoms with Crippen LogP contribution in [0.1, 0.15) is 91.4 Å². The molecule has 0 radical (unpaired) electrons. The predicted octanol–water partition coefficient (Wildman–Crippen LogP) is 4.90. The van der Waals surface area contributed by atoms with Crippen molar-refractivity contribution in [1.29, 1.82) is 0 Å². The van der Waals surface area contributed by atoms with Crippen molar-refractivity contribution in [3.05, 3.63) is 0 Å². The van der Waals surface area contributed by atoms with E-state index < -0.39 is 0 Å². The molecule has 1 heterocycles. The summed E-state index contributed by atoms with van der Waals surface area (Å²) in [7, 11) is 0. The molecule has 0 unspecified atom stereocenters. The number of Topliss-reactive ketones (excluding diaryl/α,β-unsaturated/α-hetero) is 1. The van der Waals surface area contributed by atoms with E-state index >= 15 is 0 Å². The summed E-state index contributed by atoms with van der Waals surface area (Å²) in [4.78, 5) is 13.2. The van der Waals surface area contributed by atoms with Crippen molar-refractivity contribution in [2.45, 2.75) is 109 Å². The van der Waals surface area contributed by atoms with Crippen LogP contribution in [0, 0.1) is 39.9 Å². The Morgan fingerprint density at radius 2 is 1.75 bits per heavy atom. The molecule has 1 aliphatic heterocycles. The van der Waals surface area contributed by atoms with Crippen LogP contribution < -0.4 is 0 Å². The number of hydrogen-bond donors (Lipinski definition) is 1. The second-order valence-electron chi connectivity index (χ2n) is 12.1. The summed E-state index contributed by atoms with van der Waals surface area (Å²) in [5.41, 5.74) is 0.371. The van der Waals surface area contributed by atoms with Crippen molar-refractivity contribution >= 4 is 5.78 Å². The van der Waals surface area contributed by atoms with E-state index in [0.717, 1.165) is 37.5 Å². The summed E-state index contributed by atoms with van der Waals surface area (Å²) in [6.45, 7) is 6.93. The third-order valence-corrected chi connectivity index (χ3v) is 11.7. The van der Waals surface area contributed by atoms with Gasteiger partial charge in [-0.15, -0.1) is 0 Å². The lowest BCUT2D eigenvalue weighted by molar-refractivity contribution is -0.154. The van der Waals surface area contributed by atoms with E-state index in [1.807, 2.05) is 6.92 Å². The van der Waals surface area contributed by atoms with Crippen molar-refractivity contribution in [3.63, 3.8) is 0 Å². The number of carbonyl (C=O) groups is 1. The predicted molar refractivity (Wildman–Crippen MR) is 108 cm³/mol. The van der Waals surface area contributed by atoms with Crippen molar-refractivity contribution in [3.8, 4) is 0 Å². The monoisotopic (exact) mass is 386 g/mol. The molecule has 3 heteroatoms. The lowest BCUT2D eigenvalue weighted by Gasteiger charge is -2.61. The number of epoxide rings is 1. The maximum atomic E-state index is 13.2. The van der Waals surface area contributed by atoms with Crippen LogP contribution >= 0.6 is 0 Å². The highest BCUT2D eigenvalue weighted by molar-refractivity contribution is 5.84. The van der Waals surface area contributed by atoms with Crippen LogP contribution in [0.4, 0.5) is 0 Å². The van der Waals surface area contributed by atoms with Crippen LogP contribution in [-0.4, -0.2) is 28.7 Å². The van der Waals surface area contributed by atoms with Gasteiger partial charge in [0, 0.05) is 17.3 Å². The van der Waals surface area contributed by atoms with Gasteiger partial charge in [-0.05, 0) is 87.4 Å². The molecule has 156 valence electrons. The van der Waals surface area contributed by atoms with E-state index in [1.54, 1.807) is 0 Å². The maximum Gasteiger partial charge on any atom is 0.136 e. The summed E-state index contributed by atoms with van der Waals surface area (Å²) in [5.74, 6) is 3.27. The standard InChI is InChI=1S/C25H38O3/c1-15(26)24-9-5-4-6-16(24)12-20-18-13-21-25(28-21)14-17(27)7-10-23(25,3)19(18)8-11-22(20,24)2/h16-21,27H,4-14H2,1-3H3/t16-,17-,18+,19+,20+,21-,22-,23+,24-,25-/m0/s1. The van der Waals surface area contributed by atoms with Crippen LogP contribution in [0.25, 0.3) is 0 Å². The van der Waals surface area contributed by atoms with Gasteiger partial charge in [0.2, 0.25) is 0 Å². The summed E-state index contributed by atoms with van der Waals surface area (Å²) < 4.78 is 6.48. The van der Waals surface area contributed by atoms with Crippen LogP contribution in [0.5, 0.6) is 0 Å². The minimum Gasteiger partial charge on any atom is -0.393 e. The Hall–Kier alpha value is -0.410. The zero-order valence-electron chi connectivity index (χ0n) is 18.0. The Balaban J connectivity index is 1.40. The number of fused-ring (bicyclic) bond motifs is 6. The van der Waals surface area contributed by atoms with Gasteiger partial charge in [-0.3, -0.25) is 4.79 Å². The number of carbonyl (C=O) groups excluding carboxylic acids is 1. The van der Waals surface area contributed by atoms with Crippen LogP contribution in [0.15, 0.2) is 0 Å². The summed E-state index contributed by atoms with van der Waals surface area (Å²) in [6.07, 6.45) is 13.1. The smallest absolute Gasteiger partial charge is 0.136 e. The molecule has 28 heavy (non-hydrogen) atoms. The molecule has 5 aliphatic carbocycles. The Labute approximate surface area is 170 Å². The third kappa shape index (κ3) is 1.84. The normalized spacial score (nSPS) is 62.0. The molecule has 5 saturated carbocycles. The second-order valence-corrected chi connectivity index (χ2v) is 12.1. The van der Waals surface area contributed by atoms with Crippen molar-refractivity contribution in [2.75, 3.05) is 0 Å². The van der Waals surface area contributed by atoms with Crippen molar-refractivity contribution in [2.24, 2.45) is 39.9 Å². The molecule has 6 fully saturated rings. The lowest BCUT2D eigenvalue weighted by Crippen LogP contribution is -2.60. The topological polar surface area (TPSA) is 49.8 Å². The number of hydrogen-bond acceptors (Lipinski definition) is 3. The molecule has 6 aliphatic rings. The maximum absolute atomic E-state index is 13.2. The highest BCUT2D eigenvalue weighted by atomic mass is 16.6. The zero-order valence-corrected chi connectivity index (χ0v) is 18.0. The van der Waals surface area contributed by atoms with Gasteiger partial charge in [0.1, 0.15) is 11.4 Å². The molecular weight excluding hydrogens is 348 g/mol. The molecule has 3 nitrogen and oxygen atoms in total. The highest BCUT2D eigenvalue weighted by Crippen LogP contribution is 2.77. The fraction of sp³-hybridized carbons (Fsp3) is 0.960. The highest BCUT2D eigenvalue weighted by Gasteiger charge is 2.77. The number of aliphatic hydroxyl groups is 1. The number of ether oxygens (including phenoxy) is 1. The van der Waals surface area contributed by atoms with Gasteiger partial charge in [0.15, 0.2) is 0 Å². The van der Waals surface area contributed by atoms with E-state index in [2.05, 4.69) is 13.8 Å². The molecule has 0 bridgehead atoms. The van der Waals surface area contributed by atoms with Crippen LogP contribution in [0.3, 0.4) is 0 Å². The molecule has 0 aromatic carbocycles. The first-order valence-electron chi connectivity index (χ1n) is 12.2. The van der Waals surface area contributed by atoms with Gasteiger partial charge in [0.25, 0.3) is 0 Å². The SMILES string of the molecule is CC(=O)[C@@]12CCCC[C@H]1C[C@@H]1[C@@H]3C[C@@H]4O[C@@]45C[C@@H](O)CC[C@]5(C)[C@@H]3CC[C@@]12C. The van der Waals surface area contributed by atoms with Gasteiger partial charge < -0.3 is 9.84 Å². The summed E-state index contributed by atoms with van der Waals surface area (Å²) in [6, 6.07) is 0. The van der Waals surface area contributed by atoms with Crippen LogP contribution in [-0.2, 0) is 9.53 Å². The molecule has 10 atom stereocenters. The van der Waals surface area contributed by atoms with Gasteiger partial charge in [-0.25, -0.2) is 0 Å². The fourth-order valence-electron chi connectivity index (χ4n) is 10.5. The molecule has 1 N–H and O–H groups in total. The minimum atomic E-state index is -0.168. The number of ketones is 1. The molecule has 6 rings (SSSR count). The van der Waals surface area contributed by atoms with E-state index in [0.29, 0.717) is 23.7 Å². The van der Waals surface area contributed by atoms with Crippen molar-refractivity contribution < 1.29 is 14.6 Å². The first-order valence-corrected chi connectivity index (χ1v) is 12.2. The molecule has 0 aromatic rings. The lowest BCUT2D eigenvalue weighted by atomic mass is 9.42. The Bertz CT molecular complexity index is 719. The quantitative estimate of drug-likeness (QED) is 0.652. The first kappa shape index (κ1) is 18.4. The molecule has 1 saturated heterocycles. The van der Waals surface area contributed by atoms with Gasteiger partial charge >= 0.3 is 0 Å². The average molecular weight is 387 g/mol. The Morgan fingerprint density at radius 3 is 2.54 bits per heavy atom. The number of rotatable bonds is 1. The summed E-state index contributed by atoms with van der Waals surface area (Å²) >= 11 is 0. The third-order valence-electron chi connectivity index (χ3n) is 11.7. The molecule has 0 amide bonds. The van der Waals surface area contributed by atoms with Crippen LogP contribution in [0.2, 0.25) is 0 Å². The Morgan fingerprint density at radius 1 is 0.964 bits per heavy atom. The molecule has 0 aromatic heterocycles. The molecular formula is C25H38O3. The van der Waals surface area contributed by atoms with Gasteiger partial charge in [-0.1, -0.05) is 26.7 Å². The first-order chi connectivity index (χ1) is 13.3. The fourth-order valence-corrected chi connectivity index (χ4v) is 10.5. The minimum absolute atomic E-state index is 0.0246. The molecule has 1 spiro atoms. The van der Waals surface area contributed by atoms with E-state index in [1.165, 1.54) is 44.9 Å². The van der Waals surface area contributed by atoms with E-state index in [9.17, 15) is 9.90 Å². The van der Waals surface area contributed by atoms with Crippen molar-refractivity contribution in [1.82, 2.24) is 0 Å². The van der Waals surface area contributed by atoms with E-state index in [-0.39, 0.29) is 27.9 Å². The van der Waals surface area contributed by atoms with E-state index in [4.69, 9.17) is 4.74 Å². The number of aliphatic hydroxyl groups excluding tert-OH is 1. The largest absolute Gasteiger partial charge is 0.393 e. The Kier molecular flexibility index (Phi) is 3.57. The zero-order chi connectivity index (χ0) is 19.5. The summed E-state index contributed by atoms with van der Waals surface area (Å²) in [5, 5.41) is 10.4. The average Bonchev–Trinajstić information content (AvgIpc) is 3.27. The van der Waals surface area contributed by atoms with Gasteiger partial charge in [0.05, 0.1) is 12.2 Å².